The highest BCUT2D eigenvalue weighted by atomic mass is 32.2. The number of nitrogens with one attached hydrogen (secondary N) is 1. The summed E-state index contributed by atoms with van der Waals surface area (Å²) < 4.78 is 45.0. The van der Waals surface area contributed by atoms with Crippen LogP contribution < -0.4 is 10.5 Å². The molecule has 0 aromatic heterocycles. The molecule has 2 rings (SSSR count). The summed E-state index contributed by atoms with van der Waals surface area (Å²) in [7, 11) is 3.08. The normalized spacial score (nSPS) is 12.9. The lowest BCUT2D eigenvalue weighted by molar-refractivity contribution is -0.155. The van der Waals surface area contributed by atoms with Gasteiger partial charge in [-0.3, -0.25) is 9.93 Å². The molecule has 0 saturated carbocycles. The number of amides is 1. The molecule has 0 bridgehead atoms. The maximum Gasteiger partial charge on any atom is 0.412 e. The molecule has 1 amide bonds. The number of rotatable bonds is 8. The van der Waals surface area contributed by atoms with E-state index < -0.39 is 18.1 Å². The Labute approximate surface area is 182 Å². The second-order valence-electron chi connectivity index (χ2n) is 6.84. The molecule has 2 aromatic rings. The predicted molar refractivity (Wildman–Crippen MR) is 117 cm³/mol. The van der Waals surface area contributed by atoms with E-state index in [1.54, 1.807) is 32.3 Å². The van der Waals surface area contributed by atoms with E-state index in [9.17, 15) is 23.1 Å². The van der Waals surface area contributed by atoms with E-state index in [1.807, 2.05) is 0 Å². The van der Waals surface area contributed by atoms with Crippen LogP contribution in [0.4, 0.5) is 13.2 Å². The van der Waals surface area contributed by atoms with E-state index in [-0.39, 0.29) is 34.7 Å². The maximum absolute atomic E-state index is 13.7. The number of hydrogen-bond donors (Lipinski definition) is 3. The number of nitrogens with zero attached hydrogens (tertiary/aromatic N) is 2. The molecular weight excluding hydrogens is 429 g/mol. The Bertz CT molecular complexity index is 963. The van der Waals surface area contributed by atoms with Gasteiger partial charge in [-0.2, -0.15) is 13.2 Å². The van der Waals surface area contributed by atoms with E-state index in [4.69, 9.17) is 5.14 Å². The van der Waals surface area contributed by atoms with Crippen LogP contribution in [0.3, 0.4) is 0 Å². The molecule has 0 radical (unpaired) electrons. The van der Waals surface area contributed by atoms with Gasteiger partial charge >= 0.3 is 6.18 Å². The molecule has 6 nitrogen and oxygen atoms in total. The van der Waals surface area contributed by atoms with E-state index in [0.717, 1.165) is 0 Å². The highest BCUT2D eigenvalue weighted by Gasteiger charge is 2.41. The fourth-order valence-electron chi connectivity index (χ4n) is 2.84. The summed E-state index contributed by atoms with van der Waals surface area (Å²) in [6, 6.07) is 9.91. The van der Waals surface area contributed by atoms with Gasteiger partial charge in [-0.15, -0.1) is 0 Å². The van der Waals surface area contributed by atoms with Crippen LogP contribution in [0.1, 0.15) is 27.5 Å². The van der Waals surface area contributed by atoms with Crippen molar-refractivity contribution in [3.05, 3.63) is 77.5 Å². The predicted octanol–water partition coefficient (Wildman–Crippen LogP) is 4.01. The molecule has 166 valence electrons. The highest BCUT2D eigenvalue weighted by molar-refractivity contribution is 7.95. The lowest BCUT2D eigenvalue weighted by atomic mass is 10.0. The van der Waals surface area contributed by atoms with Crippen molar-refractivity contribution in [2.24, 2.45) is 9.54 Å². The van der Waals surface area contributed by atoms with Crippen LogP contribution in [0.2, 0.25) is 0 Å². The summed E-state index contributed by atoms with van der Waals surface area (Å²) >= 11 is 0.558. The first kappa shape index (κ1) is 24.3. The van der Waals surface area contributed by atoms with Crippen molar-refractivity contribution >= 4 is 23.8 Å². The zero-order valence-electron chi connectivity index (χ0n) is 17.0. The lowest BCUT2D eigenvalue weighted by Gasteiger charge is -2.25. The number of para-hydroxylation sites is 1. The Morgan fingerprint density at radius 1 is 1.23 bits per heavy atom. The fraction of sp³-hybridized carbons (Fsp3) is 0.238. The second-order valence-corrected chi connectivity index (χ2v) is 7.23. The summed E-state index contributed by atoms with van der Waals surface area (Å²) in [6.45, 7) is 3.70. The number of halogens is 3. The molecule has 0 saturated heterocycles. The Hall–Kier alpha value is -2.98. The minimum atomic E-state index is -4.59. The number of carbonyl (C=O) groups excluding carboxylic acids is 1. The SMILES string of the molecule is C=C(NC(c1ccccc1)C(F)(F)F)C(Cc1cccc(C(=O)N(C)C)c1O)=NSN. The number of nitrogens with two attached hydrogens (primary N) is 1. The van der Waals surface area contributed by atoms with Gasteiger partial charge in [0.05, 0.1) is 29.1 Å². The summed E-state index contributed by atoms with van der Waals surface area (Å²) in [5.74, 6) is -0.691. The van der Waals surface area contributed by atoms with Crippen LogP contribution >= 0.6 is 12.1 Å². The smallest absolute Gasteiger partial charge is 0.412 e. The maximum atomic E-state index is 13.7. The van der Waals surface area contributed by atoms with Gasteiger partial charge < -0.3 is 15.3 Å². The Morgan fingerprint density at radius 2 is 1.87 bits per heavy atom. The van der Waals surface area contributed by atoms with Crippen molar-refractivity contribution in [2.75, 3.05) is 14.1 Å². The van der Waals surface area contributed by atoms with E-state index in [0.29, 0.717) is 17.7 Å². The van der Waals surface area contributed by atoms with Crippen molar-refractivity contribution in [3.8, 4) is 5.75 Å². The van der Waals surface area contributed by atoms with Crippen molar-refractivity contribution in [3.63, 3.8) is 0 Å². The van der Waals surface area contributed by atoms with Crippen LogP contribution in [0.15, 0.2) is 65.2 Å². The van der Waals surface area contributed by atoms with Gasteiger partial charge in [0.2, 0.25) is 0 Å². The first-order chi connectivity index (χ1) is 14.6. The molecule has 0 aliphatic heterocycles. The summed E-state index contributed by atoms with van der Waals surface area (Å²) in [6.07, 6.45) is -4.68. The third-order valence-electron chi connectivity index (χ3n) is 4.40. The molecule has 1 atom stereocenters. The zero-order chi connectivity index (χ0) is 23.2. The van der Waals surface area contributed by atoms with Gasteiger partial charge in [-0.05, 0) is 11.6 Å². The molecular formula is C21H23F3N4O2S. The molecule has 10 heteroatoms. The average Bonchev–Trinajstić information content (AvgIpc) is 2.72. The van der Waals surface area contributed by atoms with Gasteiger partial charge in [-0.1, -0.05) is 49.0 Å². The minimum absolute atomic E-state index is 0.0114. The molecule has 0 fully saturated rings. The lowest BCUT2D eigenvalue weighted by Crippen LogP contribution is -2.35. The largest absolute Gasteiger partial charge is 0.507 e. The summed E-state index contributed by atoms with van der Waals surface area (Å²) in [5.41, 5.74) is 0.373. The number of hydrogen-bond acceptors (Lipinski definition) is 6. The quantitative estimate of drug-likeness (QED) is 0.416. The first-order valence-corrected chi connectivity index (χ1v) is 9.92. The molecule has 2 aromatic carbocycles. The van der Waals surface area contributed by atoms with E-state index >= 15 is 0 Å². The fourth-order valence-corrected chi connectivity index (χ4v) is 3.14. The zero-order valence-corrected chi connectivity index (χ0v) is 17.8. The van der Waals surface area contributed by atoms with Gasteiger partial charge in [0.25, 0.3) is 5.91 Å². The van der Waals surface area contributed by atoms with Crippen molar-refractivity contribution < 1.29 is 23.1 Å². The number of aromatic hydroxyl groups is 1. The monoisotopic (exact) mass is 452 g/mol. The van der Waals surface area contributed by atoms with E-state index in [1.165, 1.54) is 35.2 Å². The van der Waals surface area contributed by atoms with Gasteiger partial charge in [0, 0.05) is 26.1 Å². The van der Waals surface area contributed by atoms with Crippen LogP contribution in [-0.4, -0.2) is 41.9 Å². The minimum Gasteiger partial charge on any atom is -0.507 e. The number of allylic oxidation sites excluding steroid dienone is 1. The van der Waals surface area contributed by atoms with Gasteiger partial charge in [0.15, 0.2) is 0 Å². The van der Waals surface area contributed by atoms with Gasteiger partial charge in [-0.25, -0.2) is 4.40 Å². The number of carbonyl (C=O) groups is 1. The Morgan fingerprint density at radius 3 is 2.42 bits per heavy atom. The molecule has 0 aliphatic rings. The molecule has 0 aliphatic carbocycles. The first-order valence-electron chi connectivity index (χ1n) is 9.09. The second kappa shape index (κ2) is 10.4. The van der Waals surface area contributed by atoms with Crippen LogP contribution in [0, 0.1) is 0 Å². The topological polar surface area (TPSA) is 91.0 Å². The molecule has 31 heavy (non-hydrogen) atoms. The number of phenols is 1. The Balaban J connectivity index is 2.32. The average molecular weight is 453 g/mol. The number of benzene rings is 2. The third-order valence-corrected chi connectivity index (χ3v) is 4.73. The number of phenolic OH excluding ortho intramolecular Hbond substituents is 1. The standard InChI is InChI=1S/C21H23F3N4O2S/c1-13(26-19(21(22,23)24)14-8-5-4-6-9-14)17(27-31-25)12-15-10-7-11-16(18(15)29)20(30)28(2)3/h4-11,19,26,29H,1,12,25H2,2-3H3. The number of alkyl halides is 3. The van der Waals surface area contributed by atoms with Crippen molar-refractivity contribution in [2.45, 2.75) is 18.6 Å². The molecule has 4 N–H and O–H groups in total. The van der Waals surface area contributed by atoms with Crippen LogP contribution in [0.5, 0.6) is 5.75 Å². The highest BCUT2D eigenvalue weighted by Crippen LogP contribution is 2.34. The summed E-state index contributed by atoms with van der Waals surface area (Å²) in [4.78, 5) is 13.5. The van der Waals surface area contributed by atoms with Crippen LogP contribution in [0.25, 0.3) is 0 Å². The van der Waals surface area contributed by atoms with Crippen molar-refractivity contribution in [1.82, 2.24) is 10.2 Å². The summed E-state index contributed by atoms with van der Waals surface area (Å²) in [5, 5.41) is 18.3. The van der Waals surface area contributed by atoms with Crippen molar-refractivity contribution in [1.29, 1.82) is 0 Å². The molecule has 0 spiro atoms. The van der Waals surface area contributed by atoms with Crippen LogP contribution in [-0.2, 0) is 6.42 Å². The molecule has 1 unspecified atom stereocenters. The Kier molecular flexibility index (Phi) is 8.12. The van der Waals surface area contributed by atoms with Gasteiger partial charge in [0.1, 0.15) is 11.8 Å². The molecule has 0 heterocycles. The third kappa shape index (κ3) is 6.25. The van der Waals surface area contributed by atoms with E-state index in [2.05, 4.69) is 16.3 Å².